The van der Waals surface area contributed by atoms with Crippen molar-refractivity contribution in [1.29, 1.82) is 0 Å². The highest BCUT2D eigenvalue weighted by atomic mass is 32.1. The van der Waals surface area contributed by atoms with Gasteiger partial charge < -0.3 is 4.74 Å². The van der Waals surface area contributed by atoms with Crippen LogP contribution in [-0.2, 0) is 16.1 Å². The highest BCUT2D eigenvalue weighted by Gasteiger charge is 2.32. The third-order valence-corrected chi connectivity index (χ3v) is 3.54. The molecule has 0 saturated heterocycles. The first-order chi connectivity index (χ1) is 7.62. The molecule has 1 aromatic rings. The molecule has 0 aliphatic heterocycles. The summed E-state index contributed by atoms with van der Waals surface area (Å²) >= 11 is 1.68. The standard InChI is InChI=1S/C12H19NO2S/c1-4-12(3,11(14)15-5-2)13-9-10-7-6-8-16-10/h6-8,13H,4-5,9H2,1-3H3. The quantitative estimate of drug-likeness (QED) is 0.778. The summed E-state index contributed by atoms with van der Waals surface area (Å²) < 4.78 is 5.07. The topological polar surface area (TPSA) is 38.3 Å². The molecule has 3 nitrogen and oxygen atoms in total. The van der Waals surface area contributed by atoms with Gasteiger partial charge in [0.25, 0.3) is 0 Å². The number of nitrogens with one attached hydrogen (secondary N) is 1. The van der Waals surface area contributed by atoms with E-state index >= 15 is 0 Å². The molecule has 0 aromatic carbocycles. The molecule has 90 valence electrons. The molecule has 1 atom stereocenters. The minimum atomic E-state index is -0.583. The molecule has 1 N–H and O–H groups in total. The van der Waals surface area contributed by atoms with Gasteiger partial charge >= 0.3 is 5.97 Å². The van der Waals surface area contributed by atoms with Gasteiger partial charge in [0.15, 0.2) is 0 Å². The Bertz CT molecular complexity index is 324. The fourth-order valence-electron chi connectivity index (χ4n) is 1.33. The second kappa shape index (κ2) is 6.01. The zero-order valence-corrected chi connectivity index (χ0v) is 10.9. The van der Waals surface area contributed by atoms with E-state index < -0.39 is 5.54 Å². The monoisotopic (exact) mass is 241 g/mol. The summed E-state index contributed by atoms with van der Waals surface area (Å²) in [5.41, 5.74) is -0.583. The van der Waals surface area contributed by atoms with Gasteiger partial charge in [0.1, 0.15) is 5.54 Å². The number of carbonyl (C=O) groups is 1. The fraction of sp³-hybridized carbons (Fsp3) is 0.583. The molecule has 1 rings (SSSR count). The molecule has 0 aliphatic carbocycles. The van der Waals surface area contributed by atoms with Crippen LogP contribution >= 0.6 is 11.3 Å². The van der Waals surface area contributed by atoms with Gasteiger partial charge in [0.05, 0.1) is 6.61 Å². The lowest BCUT2D eigenvalue weighted by molar-refractivity contribution is -0.150. The van der Waals surface area contributed by atoms with Crippen LogP contribution in [0.3, 0.4) is 0 Å². The molecule has 1 unspecified atom stereocenters. The van der Waals surface area contributed by atoms with Gasteiger partial charge in [-0.25, -0.2) is 0 Å². The van der Waals surface area contributed by atoms with Crippen LogP contribution in [0, 0.1) is 0 Å². The molecule has 4 heteroatoms. The summed E-state index contributed by atoms with van der Waals surface area (Å²) in [6.45, 7) is 6.83. The lowest BCUT2D eigenvalue weighted by Gasteiger charge is -2.26. The first-order valence-corrected chi connectivity index (χ1v) is 6.45. The van der Waals surface area contributed by atoms with E-state index in [1.54, 1.807) is 11.3 Å². The minimum Gasteiger partial charge on any atom is -0.465 e. The second-order valence-electron chi connectivity index (χ2n) is 3.84. The molecular weight excluding hydrogens is 222 g/mol. The number of hydrogen-bond donors (Lipinski definition) is 1. The molecule has 0 spiro atoms. The highest BCUT2D eigenvalue weighted by Crippen LogP contribution is 2.15. The van der Waals surface area contributed by atoms with Crippen LogP contribution in [0.15, 0.2) is 17.5 Å². The lowest BCUT2D eigenvalue weighted by Crippen LogP contribution is -2.49. The average molecular weight is 241 g/mol. The number of carbonyl (C=O) groups excluding carboxylic acids is 1. The largest absolute Gasteiger partial charge is 0.465 e. The normalized spacial score (nSPS) is 14.4. The van der Waals surface area contributed by atoms with Gasteiger partial charge in [-0.05, 0) is 31.7 Å². The number of thiophene rings is 1. The maximum Gasteiger partial charge on any atom is 0.326 e. The molecule has 0 amide bonds. The summed E-state index contributed by atoms with van der Waals surface area (Å²) in [7, 11) is 0. The lowest BCUT2D eigenvalue weighted by atomic mass is 9.99. The van der Waals surface area contributed by atoms with E-state index in [0.717, 1.165) is 6.42 Å². The number of hydrogen-bond acceptors (Lipinski definition) is 4. The van der Waals surface area contributed by atoms with Crippen molar-refractivity contribution in [3.8, 4) is 0 Å². The van der Waals surface area contributed by atoms with Crippen LogP contribution < -0.4 is 5.32 Å². The van der Waals surface area contributed by atoms with Crippen molar-refractivity contribution in [2.75, 3.05) is 6.61 Å². The van der Waals surface area contributed by atoms with Crippen LogP contribution in [0.5, 0.6) is 0 Å². The Balaban J connectivity index is 2.56. The molecule has 1 heterocycles. The summed E-state index contributed by atoms with van der Waals surface area (Å²) in [4.78, 5) is 13.0. The number of esters is 1. The van der Waals surface area contributed by atoms with Crippen LogP contribution in [0.25, 0.3) is 0 Å². The van der Waals surface area contributed by atoms with Gasteiger partial charge in [-0.15, -0.1) is 11.3 Å². The minimum absolute atomic E-state index is 0.172. The molecular formula is C12H19NO2S. The Morgan fingerprint density at radius 3 is 2.81 bits per heavy atom. The molecule has 0 aliphatic rings. The van der Waals surface area contributed by atoms with Crippen molar-refractivity contribution in [2.24, 2.45) is 0 Å². The summed E-state index contributed by atoms with van der Waals surface area (Å²) in [5.74, 6) is -0.172. The van der Waals surface area contributed by atoms with E-state index in [9.17, 15) is 4.79 Å². The smallest absolute Gasteiger partial charge is 0.326 e. The van der Waals surface area contributed by atoms with Gasteiger partial charge in [0.2, 0.25) is 0 Å². The first kappa shape index (κ1) is 13.2. The van der Waals surface area contributed by atoms with Crippen molar-refractivity contribution in [3.63, 3.8) is 0 Å². The third kappa shape index (κ3) is 3.32. The van der Waals surface area contributed by atoms with Gasteiger partial charge in [-0.2, -0.15) is 0 Å². The highest BCUT2D eigenvalue weighted by molar-refractivity contribution is 7.09. The Morgan fingerprint density at radius 2 is 2.31 bits per heavy atom. The van der Waals surface area contributed by atoms with Gasteiger partial charge in [-0.1, -0.05) is 13.0 Å². The molecule has 0 bridgehead atoms. The first-order valence-electron chi connectivity index (χ1n) is 5.57. The van der Waals surface area contributed by atoms with E-state index in [4.69, 9.17) is 4.74 Å². The number of ether oxygens (including phenoxy) is 1. The maximum atomic E-state index is 11.8. The Morgan fingerprint density at radius 1 is 1.56 bits per heavy atom. The number of rotatable bonds is 6. The average Bonchev–Trinajstić information content (AvgIpc) is 2.79. The molecule has 0 radical (unpaired) electrons. The van der Waals surface area contributed by atoms with Crippen LogP contribution in [-0.4, -0.2) is 18.1 Å². The zero-order chi connectivity index (χ0) is 12.0. The van der Waals surface area contributed by atoms with Crippen molar-refractivity contribution in [3.05, 3.63) is 22.4 Å². The van der Waals surface area contributed by atoms with Gasteiger partial charge in [-0.3, -0.25) is 10.1 Å². The van der Waals surface area contributed by atoms with E-state index in [1.165, 1.54) is 4.88 Å². The van der Waals surface area contributed by atoms with E-state index in [0.29, 0.717) is 13.2 Å². The maximum absolute atomic E-state index is 11.8. The van der Waals surface area contributed by atoms with Crippen LogP contribution in [0.2, 0.25) is 0 Å². The van der Waals surface area contributed by atoms with Crippen molar-refractivity contribution < 1.29 is 9.53 Å². The second-order valence-corrected chi connectivity index (χ2v) is 4.87. The Kier molecular flexibility index (Phi) is 4.96. The molecule has 0 saturated carbocycles. The van der Waals surface area contributed by atoms with E-state index in [1.807, 2.05) is 32.2 Å². The SMILES string of the molecule is CCOC(=O)C(C)(CC)NCc1cccs1. The molecule has 0 fully saturated rings. The third-order valence-electron chi connectivity index (χ3n) is 2.67. The molecule has 16 heavy (non-hydrogen) atoms. The van der Waals surface area contributed by atoms with Crippen LogP contribution in [0.4, 0.5) is 0 Å². The zero-order valence-electron chi connectivity index (χ0n) is 10.1. The summed E-state index contributed by atoms with van der Waals surface area (Å²) in [5, 5.41) is 5.30. The Labute approximate surface area is 101 Å². The Hall–Kier alpha value is -0.870. The molecule has 1 aromatic heterocycles. The summed E-state index contributed by atoms with van der Waals surface area (Å²) in [6.07, 6.45) is 0.719. The summed E-state index contributed by atoms with van der Waals surface area (Å²) in [6, 6.07) is 4.06. The van der Waals surface area contributed by atoms with Crippen molar-refractivity contribution >= 4 is 17.3 Å². The predicted octanol–water partition coefficient (Wildman–Crippen LogP) is 2.57. The van der Waals surface area contributed by atoms with Crippen molar-refractivity contribution in [2.45, 2.75) is 39.3 Å². The van der Waals surface area contributed by atoms with E-state index in [-0.39, 0.29) is 5.97 Å². The van der Waals surface area contributed by atoms with Crippen molar-refractivity contribution in [1.82, 2.24) is 5.32 Å². The fourth-order valence-corrected chi connectivity index (χ4v) is 1.97. The predicted molar refractivity (Wildman–Crippen MR) is 66.5 cm³/mol. The van der Waals surface area contributed by atoms with Gasteiger partial charge in [0, 0.05) is 11.4 Å². The van der Waals surface area contributed by atoms with E-state index in [2.05, 4.69) is 11.4 Å². The van der Waals surface area contributed by atoms with Crippen LogP contribution in [0.1, 0.15) is 32.1 Å².